The SMILES string of the molecule is CCCOc1cccc(NC2CCCC2CO)c1N. The second-order valence-electron chi connectivity index (χ2n) is 5.19. The average molecular weight is 264 g/mol. The number of rotatable bonds is 6. The van der Waals surface area contributed by atoms with E-state index in [0.717, 1.165) is 37.1 Å². The minimum absolute atomic E-state index is 0.240. The van der Waals surface area contributed by atoms with Crippen molar-refractivity contribution in [3.05, 3.63) is 18.2 Å². The summed E-state index contributed by atoms with van der Waals surface area (Å²) in [5.41, 5.74) is 7.72. The Kier molecular flexibility index (Phi) is 4.91. The first-order chi connectivity index (χ1) is 9.26. The molecule has 0 amide bonds. The van der Waals surface area contributed by atoms with Gasteiger partial charge in [-0.05, 0) is 31.4 Å². The van der Waals surface area contributed by atoms with Gasteiger partial charge in [-0.2, -0.15) is 0 Å². The van der Waals surface area contributed by atoms with Gasteiger partial charge in [0.1, 0.15) is 5.75 Å². The number of anilines is 2. The molecule has 0 saturated heterocycles. The van der Waals surface area contributed by atoms with Crippen molar-refractivity contribution in [1.29, 1.82) is 0 Å². The predicted molar refractivity (Wildman–Crippen MR) is 78.5 cm³/mol. The van der Waals surface area contributed by atoms with Gasteiger partial charge < -0.3 is 20.9 Å². The van der Waals surface area contributed by atoms with E-state index in [-0.39, 0.29) is 6.61 Å². The predicted octanol–water partition coefficient (Wildman–Crippen LogP) is 2.63. The van der Waals surface area contributed by atoms with E-state index in [1.807, 2.05) is 18.2 Å². The van der Waals surface area contributed by atoms with Gasteiger partial charge >= 0.3 is 0 Å². The van der Waals surface area contributed by atoms with E-state index < -0.39 is 0 Å². The summed E-state index contributed by atoms with van der Waals surface area (Å²) in [5, 5.41) is 12.8. The topological polar surface area (TPSA) is 67.5 Å². The lowest BCUT2D eigenvalue weighted by atomic mass is 10.0. The molecule has 0 aromatic heterocycles. The minimum atomic E-state index is 0.240. The second-order valence-corrected chi connectivity index (χ2v) is 5.19. The van der Waals surface area contributed by atoms with Gasteiger partial charge in [-0.25, -0.2) is 0 Å². The van der Waals surface area contributed by atoms with Crippen LogP contribution in [0.25, 0.3) is 0 Å². The van der Waals surface area contributed by atoms with Crippen molar-refractivity contribution in [2.45, 2.75) is 38.6 Å². The standard InChI is InChI=1S/C15H24N2O2/c1-2-9-19-14-8-4-7-13(15(14)16)17-12-6-3-5-11(12)10-18/h4,7-8,11-12,17-18H,2-3,5-6,9-10,16H2,1H3. The molecule has 1 aromatic carbocycles. The van der Waals surface area contributed by atoms with Gasteiger partial charge in [0.15, 0.2) is 0 Å². The van der Waals surface area contributed by atoms with Crippen molar-refractivity contribution in [1.82, 2.24) is 0 Å². The van der Waals surface area contributed by atoms with Gasteiger partial charge in [0.25, 0.3) is 0 Å². The van der Waals surface area contributed by atoms with Crippen LogP contribution in [0.15, 0.2) is 18.2 Å². The van der Waals surface area contributed by atoms with Gasteiger partial charge in [-0.15, -0.1) is 0 Å². The lowest BCUT2D eigenvalue weighted by Gasteiger charge is -2.22. The van der Waals surface area contributed by atoms with Gasteiger partial charge in [0, 0.05) is 18.6 Å². The zero-order chi connectivity index (χ0) is 13.7. The molecule has 2 unspecified atom stereocenters. The normalized spacial score (nSPS) is 22.4. The Hall–Kier alpha value is -1.42. The summed E-state index contributed by atoms with van der Waals surface area (Å²) >= 11 is 0. The quantitative estimate of drug-likeness (QED) is 0.691. The third kappa shape index (κ3) is 3.32. The molecule has 0 radical (unpaired) electrons. The van der Waals surface area contributed by atoms with Crippen LogP contribution in [0.3, 0.4) is 0 Å². The summed E-state index contributed by atoms with van der Waals surface area (Å²) < 4.78 is 5.63. The fourth-order valence-electron chi connectivity index (χ4n) is 2.65. The van der Waals surface area contributed by atoms with Crippen LogP contribution in [0.4, 0.5) is 11.4 Å². The molecule has 0 spiro atoms. The molecule has 4 nitrogen and oxygen atoms in total. The Morgan fingerprint density at radius 1 is 1.42 bits per heavy atom. The van der Waals surface area contributed by atoms with Crippen LogP contribution in [-0.4, -0.2) is 24.4 Å². The fourth-order valence-corrected chi connectivity index (χ4v) is 2.65. The Morgan fingerprint density at radius 3 is 3.00 bits per heavy atom. The maximum Gasteiger partial charge on any atom is 0.144 e. The first kappa shape index (κ1) is 14.0. The third-order valence-electron chi connectivity index (χ3n) is 3.76. The number of para-hydroxylation sites is 1. The number of benzene rings is 1. The van der Waals surface area contributed by atoms with E-state index in [0.29, 0.717) is 24.3 Å². The minimum Gasteiger partial charge on any atom is -0.491 e. The number of aliphatic hydroxyl groups excluding tert-OH is 1. The van der Waals surface area contributed by atoms with Crippen LogP contribution in [0.2, 0.25) is 0 Å². The fraction of sp³-hybridized carbons (Fsp3) is 0.600. The Balaban J connectivity index is 2.07. The van der Waals surface area contributed by atoms with Crippen LogP contribution in [0.1, 0.15) is 32.6 Å². The van der Waals surface area contributed by atoms with Gasteiger partial charge in [-0.3, -0.25) is 0 Å². The largest absolute Gasteiger partial charge is 0.491 e. The molecule has 4 heteroatoms. The molecule has 0 heterocycles. The first-order valence-electron chi connectivity index (χ1n) is 7.15. The highest BCUT2D eigenvalue weighted by molar-refractivity contribution is 5.73. The highest BCUT2D eigenvalue weighted by atomic mass is 16.5. The number of ether oxygens (including phenoxy) is 1. The second kappa shape index (κ2) is 6.66. The molecule has 2 rings (SSSR count). The van der Waals surface area contributed by atoms with Crippen molar-refractivity contribution in [3.63, 3.8) is 0 Å². The maximum atomic E-state index is 9.36. The molecule has 4 N–H and O–H groups in total. The van der Waals surface area contributed by atoms with Crippen LogP contribution in [0, 0.1) is 5.92 Å². The Labute approximate surface area is 115 Å². The molecule has 1 aliphatic rings. The van der Waals surface area contributed by atoms with Crippen molar-refractivity contribution < 1.29 is 9.84 Å². The van der Waals surface area contributed by atoms with Gasteiger partial charge in [0.05, 0.1) is 18.0 Å². The number of nitrogens with two attached hydrogens (primary N) is 1. The van der Waals surface area contributed by atoms with E-state index in [1.54, 1.807) is 0 Å². The van der Waals surface area contributed by atoms with Crippen LogP contribution < -0.4 is 15.8 Å². The van der Waals surface area contributed by atoms with Crippen molar-refractivity contribution in [2.75, 3.05) is 24.3 Å². The molecule has 0 bridgehead atoms. The van der Waals surface area contributed by atoms with E-state index in [1.165, 1.54) is 0 Å². The summed E-state index contributed by atoms with van der Waals surface area (Å²) in [6, 6.07) is 6.13. The third-order valence-corrected chi connectivity index (χ3v) is 3.76. The number of hydrogen-bond acceptors (Lipinski definition) is 4. The Morgan fingerprint density at radius 2 is 2.26 bits per heavy atom. The summed E-state index contributed by atoms with van der Waals surface area (Å²) in [4.78, 5) is 0. The summed E-state index contributed by atoms with van der Waals surface area (Å²) in [5.74, 6) is 1.07. The van der Waals surface area contributed by atoms with Crippen LogP contribution >= 0.6 is 0 Å². The molecule has 19 heavy (non-hydrogen) atoms. The van der Waals surface area contributed by atoms with Crippen molar-refractivity contribution in [2.24, 2.45) is 5.92 Å². The number of aliphatic hydroxyl groups is 1. The van der Waals surface area contributed by atoms with Gasteiger partial charge in [-0.1, -0.05) is 19.4 Å². The molecule has 2 atom stereocenters. The number of hydrogen-bond donors (Lipinski definition) is 3. The lowest BCUT2D eigenvalue weighted by Crippen LogP contribution is -2.26. The zero-order valence-corrected chi connectivity index (χ0v) is 11.6. The lowest BCUT2D eigenvalue weighted by molar-refractivity contribution is 0.222. The van der Waals surface area contributed by atoms with Crippen molar-refractivity contribution >= 4 is 11.4 Å². The van der Waals surface area contributed by atoms with E-state index in [4.69, 9.17) is 10.5 Å². The van der Waals surface area contributed by atoms with Crippen LogP contribution in [-0.2, 0) is 0 Å². The van der Waals surface area contributed by atoms with Gasteiger partial charge in [0.2, 0.25) is 0 Å². The Bertz CT molecular complexity index is 409. The smallest absolute Gasteiger partial charge is 0.144 e. The molecule has 106 valence electrons. The number of nitrogen functional groups attached to an aromatic ring is 1. The summed E-state index contributed by atoms with van der Waals surface area (Å²) in [6.45, 7) is 2.99. The van der Waals surface area contributed by atoms with Crippen molar-refractivity contribution in [3.8, 4) is 5.75 Å². The molecule has 1 aromatic rings. The molecule has 1 fully saturated rings. The van der Waals surface area contributed by atoms with Crippen LogP contribution in [0.5, 0.6) is 5.75 Å². The molecule has 1 aliphatic carbocycles. The molecular formula is C15H24N2O2. The van der Waals surface area contributed by atoms with E-state index >= 15 is 0 Å². The molecule has 0 aliphatic heterocycles. The summed E-state index contributed by atoms with van der Waals surface area (Å²) in [7, 11) is 0. The zero-order valence-electron chi connectivity index (χ0n) is 11.6. The summed E-state index contributed by atoms with van der Waals surface area (Å²) in [6.07, 6.45) is 4.30. The first-order valence-corrected chi connectivity index (χ1v) is 7.15. The highest BCUT2D eigenvalue weighted by Gasteiger charge is 2.27. The van der Waals surface area contributed by atoms with E-state index in [2.05, 4.69) is 12.2 Å². The average Bonchev–Trinajstić information content (AvgIpc) is 2.87. The maximum absolute atomic E-state index is 9.36. The highest BCUT2D eigenvalue weighted by Crippen LogP contribution is 2.34. The molecular weight excluding hydrogens is 240 g/mol. The molecule has 1 saturated carbocycles. The monoisotopic (exact) mass is 264 g/mol. The number of nitrogens with one attached hydrogen (secondary N) is 1. The van der Waals surface area contributed by atoms with E-state index in [9.17, 15) is 5.11 Å².